The third-order valence-electron chi connectivity index (χ3n) is 1.68. The number of aldehydes is 2. The fourth-order valence-electron chi connectivity index (χ4n) is 0.942. The standard InChI is InChI=1S/C11H12O3/c1-11(2,8-13)14-10-5-3-9(7-12)4-6-10/h3-8H,1-2H3. The summed E-state index contributed by atoms with van der Waals surface area (Å²) < 4.78 is 5.37. The zero-order valence-corrected chi connectivity index (χ0v) is 8.19. The SMILES string of the molecule is CC(C)(C=O)Oc1ccc(C=O)cc1. The molecule has 0 unspecified atom stereocenters. The molecule has 1 aromatic rings. The zero-order valence-electron chi connectivity index (χ0n) is 8.19. The van der Waals surface area contributed by atoms with Crippen LogP contribution in [0.5, 0.6) is 5.75 Å². The Morgan fingerprint density at radius 1 is 1.14 bits per heavy atom. The van der Waals surface area contributed by atoms with Crippen molar-refractivity contribution in [3.63, 3.8) is 0 Å². The maximum Gasteiger partial charge on any atom is 0.162 e. The molecule has 0 fully saturated rings. The lowest BCUT2D eigenvalue weighted by atomic mass is 10.1. The van der Waals surface area contributed by atoms with Crippen molar-refractivity contribution in [3.8, 4) is 5.75 Å². The van der Waals surface area contributed by atoms with Gasteiger partial charge in [0.2, 0.25) is 0 Å². The van der Waals surface area contributed by atoms with Crippen LogP contribution in [0.1, 0.15) is 24.2 Å². The van der Waals surface area contributed by atoms with Crippen LogP contribution in [-0.2, 0) is 4.79 Å². The van der Waals surface area contributed by atoms with Gasteiger partial charge >= 0.3 is 0 Å². The smallest absolute Gasteiger partial charge is 0.162 e. The van der Waals surface area contributed by atoms with Crippen LogP contribution in [0.3, 0.4) is 0 Å². The molecule has 0 heterocycles. The first-order chi connectivity index (χ1) is 6.57. The van der Waals surface area contributed by atoms with Gasteiger partial charge in [-0.25, -0.2) is 0 Å². The van der Waals surface area contributed by atoms with E-state index in [4.69, 9.17) is 4.74 Å². The summed E-state index contributed by atoms with van der Waals surface area (Å²) in [6, 6.07) is 6.61. The monoisotopic (exact) mass is 192 g/mol. The number of hydrogen-bond donors (Lipinski definition) is 0. The number of hydrogen-bond acceptors (Lipinski definition) is 3. The van der Waals surface area contributed by atoms with Gasteiger partial charge in [0, 0.05) is 5.56 Å². The van der Waals surface area contributed by atoms with Crippen molar-refractivity contribution in [1.29, 1.82) is 0 Å². The fourth-order valence-corrected chi connectivity index (χ4v) is 0.942. The Hall–Kier alpha value is -1.64. The molecule has 3 nitrogen and oxygen atoms in total. The molecule has 0 N–H and O–H groups in total. The van der Waals surface area contributed by atoms with Gasteiger partial charge in [-0.3, -0.25) is 9.59 Å². The van der Waals surface area contributed by atoms with E-state index in [0.717, 1.165) is 12.6 Å². The first-order valence-corrected chi connectivity index (χ1v) is 4.28. The van der Waals surface area contributed by atoms with Crippen LogP contribution in [0.4, 0.5) is 0 Å². The lowest BCUT2D eigenvalue weighted by molar-refractivity contribution is -0.118. The highest BCUT2D eigenvalue weighted by Gasteiger charge is 2.17. The molecule has 0 aliphatic heterocycles. The first-order valence-electron chi connectivity index (χ1n) is 4.28. The quantitative estimate of drug-likeness (QED) is 0.684. The van der Waals surface area contributed by atoms with Crippen LogP contribution in [0, 0.1) is 0 Å². The average molecular weight is 192 g/mol. The number of rotatable bonds is 4. The molecule has 14 heavy (non-hydrogen) atoms. The van der Waals surface area contributed by atoms with E-state index < -0.39 is 5.60 Å². The van der Waals surface area contributed by atoms with Gasteiger partial charge in [0.05, 0.1) is 0 Å². The van der Waals surface area contributed by atoms with Gasteiger partial charge in [-0.1, -0.05) is 0 Å². The van der Waals surface area contributed by atoms with Crippen molar-refractivity contribution in [2.75, 3.05) is 0 Å². The summed E-state index contributed by atoms with van der Waals surface area (Å²) in [5.41, 5.74) is -0.246. The van der Waals surface area contributed by atoms with Crippen LogP contribution in [-0.4, -0.2) is 18.2 Å². The Labute approximate surface area is 82.7 Å². The van der Waals surface area contributed by atoms with Crippen LogP contribution in [0.15, 0.2) is 24.3 Å². The first kappa shape index (κ1) is 10.4. The number of carbonyl (C=O) groups excluding carboxylic acids is 2. The van der Waals surface area contributed by atoms with Crippen LogP contribution >= 0.6 is 0 Å². The van der Waals surface area contributed by atoms with Gasteiger partial charge < -0.3 is 4.74 Å². The third-order valence-corrected chi connectivity index (χ3v) is 1.68. The number of benzene rings is 1. The Balaban J connectivity index is 2.78. The molecule has 0 radical (unpaired) electrons. The summed E-state index contributed by atoms with van der Waals surface area (Å²) in [5.74, 6) is 0.577. The summed E-state index contributed by atoms with van der Waals surface area (Å²) in [7, 11) is 0. The number of carbonyl (C=O) groups is 2. The molecule has 0 aliphatic carbocycles. The zero-order chi connectivity index (χ0) is 10.6. The topological polar surface area (TPSA) is 43.4 Å². The van der Waals surface area contributed by atoms with Crippen molar-refractivity contribution in [2.45, 2.75) is 19.4 Å². The lowest BCUT2D eigenvalue weighted by Gasteiger charge is -2.19. The predicted octanol–water partition coefficient (Wildman–Crippen LogP) is 1.86. The summed E-state index contributed by atoms with van der Waals surface area (Å²) in [6.07, 6.45) is 1.50. The molecule has 74 valence electrons. The van der Waals surface area contributed by atoms with E-state index >= 15 is 0 Å². The van der Waals surface area contributed by atoms with Gasteiger partial charge in [-0.2, -0.15) is 0 Å². The maximum atomic E-state index is 10.6. The van der Waals surface area contributed by atoms with E-state index in [9.17, 15) is 9.59 Å². The van der Waals surface area contributed by atoms with Crippen molar-refractivity contribution >= 4 is 12.6 Å². The highest BCUT2D eigenvalue weighted by atomic mass is 16.5. The lowest BCUT2D eigenvalue weighted by Crippen LogP contribution is -2.29. The normalized spacial score (nSPS) is 10.7. The summed E-state index contributed by atoms with van der Waals surface area (Å²) >= 11 is 0. The summed E-state index contributed by atoms with van der Waals surface area (Å²) in [5, 5.41) is 0. The van der Waals surface area contributed by atoms with Crippen molar-refractivity contribution in [3.05, 3.63) is 29.8 Å². The van der Waals surface area contributed by atoms with Crippen LogP contribution < -0.4 is 4.74 Å². The molecule has 3 heteroatoms. The molecule has 0 aromatic heterocycles. The van der Waals surface area contributed by atoms with Crippen LogP contribution in [0.25, 0.3) is 0 Å². The highest BCUT2D eigenvalue weighted by Crippen LogP contribution is 2.16. The molecule has 0 saturated heterocycles. The van der Waals surface area contributed by atoms with E-state index in [2.05, 4.69) is 0 Å². The van der Waals surface area contributed by atoms with Crippen molar-refractivity contribution in [2.24, 2.45) is 0 Å². The third kappa shape index (κ3) is 2.69. The van der Waals surface area contributed by atoms with Gasteiger partial charge in [0.1, 0.15) is 12.0 Å². The van der Waals surface area contributed by atoms with E-state index in [0.29, 0.717) is 11.3 Å². The molecule has 0 saturated carbocycles. The Kier molecular flexibility index (Phi) is 3.02. The second-order valence-electron chi connectivity index (χ2n) is 3.51. The molecule has 0 amide bonds. The van der Waals surface area contributed by atoms with E-state index in [1.165, 1.54) is 0 Å². The Morgan fingerprint density at radius 2 is 1.71 bits per heavy atom. The number of ether oxygens (including phenoxy) is 1. The molecular formula is C11H12O3. The van der Waals surface area contributed by atoms with Gasteiger partial charge in [0.25, 0.3) is 0 Å². The molecule has 0 atom stereocenters. The second kappa shape index (κ2) is 4.05. The predicted molar refractivity (Wildman–Crippen MR) is 52.6 cm³/mol. The molecule has 0 spiro atoms. The maximum absolute atomic E-state index is 10.6. The summed E-state index contributed by atoms with van der Waals surface area (Å²) in [4.78, 5) is 20.9. The molecule has 0 aliphatic rings. The Morgan fingerprint density at radius 3 is 2.14 bits per heavy atom. The van der Waals surface area contributed by atoms with E-state index in [1.54, 1.807) is 38.1 Å². The molecular weight excluding hydrogens is 180 g/mol. The van der Waals surface area contributed by atoms with E-state index in [1.807, 2.05) is 0 Å². The minimum Gasteiger partial charge on any atom is -0.480 e. The van der Waals surface area contributed by atoms with Crippen molar-refractivity contribution < 1.29 is 14.3 Å². The van der Waals surface area contributed by atoms with Crippen LogP contribution in [0.2, 0.25) is 0 Å². The van der Waals surface area contributed by atoms with Gasteiger partial charge in [0.15, 0.2) is 11.9 Å². The second-order valence-corrected chi connectivity index (χ2v) is 3.51. The minimum atomic E-state index is -0.831. The van der Waals surface area contributed by atoms with E-state index in [-0.39, 0.29) is 0 Å². The largest absolute Gasteiger partial charge is 0.480 e. The Bertz CT molecular complexity index is 325. The fraction of sp³-hybridized carbons (Fsp3) is 0.273. The van der Waals surface area contributed by atoms with Gasteiger partial charge in [-0.05, 0) is 38.1 Å². The van der Waals surface area contributed by atoms with Crippen molar-refractivity contribution in [1.82, 2.24) is 0 Å². The molecule has 1 rings (SSSR count). The highest BCUT2D eigenvalue weighted by molar-refractivity contribution is 5.74. The van der Waals surface area contributed by atoms with Gasteiger partial charge in [-0.15, -0.1) is 0 Å². The average Bonchev–Trinajstić information content (AvgIpc) is 2.19. The summed E-state index contributed by atoms with van der Waals surface area (Å²) in [6.45, 7) is 3.35. The molecule has 0 bridgehead atoms. The molecule has 1 aromatic carbocycles. The minimum absolute atomic E-state index is 0.577.